The molecule has 3 nitrogen and oxygen atoms in total. The molecule has 104 valence electrons. The Morgan fingerprint density at radius 1 is 1.32 bits per heavy atom. The molecule has 2 N–H and O–H groups in total. The average molecular weight is 300 g/mol. The number of hydrogen-bond acceptors (Lipinski definition) is 2. The van der Waals surface area contributed by atoms with E-state index in [2.05, 4.69) is 4.90 Å². The Labute approximate surface area is 125 Å². The zero-order chi connectivity index (χ0) is 13.4. The SMILES string of the molecule is CN(C)CCc1ccc[c-]1C(N)=O.[Fe+2].c1cc[cH-]c1. The van der Waals surface area contributed by atoms with Gasteiger partial charge in [0.05, 0.1) is 0 Å². The van der Waals surface area contributed by atoms with E-state index in [-0.39, 0.29) is 23.0 Å². The van der Waals surface area contributed by atoms with Crippen molar-refractivity contribution in [3.8, 4) is 0 Å². The molecule has 2 aromatic rings. The molecule has 0 aliphatic rings. The van der Waals surface area contributed by atoms with E-state index in [9.17, 15) is 4.79 Å². The van der Waals surface area contributed by atoms with Crippen molar-refractivity contribution in [1.82, 2.24) is 4.90 Å². The Balaban J connectivity index is 0.000000454. The third-order valence-electron chi connectivity index (χ3n) is 2.56. The molecule has 1 amide bonds. The van der Waals surface area contributed by atoms with Gasteiger partial charge in [0.15, 0.2) is 5.91 Å². The molecule has 19 heavy (non-hydrogen) atoms. The van der Waals surface area contributed by atoms with E-state index in [4.69, 9.17) is 5.73 Å². The van der Waals surface area contributed by atoms with E-state index < -0.39 is 0 Å². The minimum absolute atomic E-state index is 0. The number of carbonyl (C=O) groups excluding carboxylic acids is 1. The largest absolute Gasteiger partial charge is 2.00 e. The van der Waals surface area contributed by atoms with Gasteiger partial charge in [-0.05, 0) is 27.1 Å². The molecule has 2 rings (SSSR count). The fraction of sp³-hybridized carbons (Fsp3) is 0.267. The van der Waals surface area contributed by atoms with E-state index in [1.807, 2.05) is 56.6 Å². The molecule has 0 radical (unpaired) electrons. The number of hydrogen-bond donors (Lipinski definition) is 1. The van der Waals surface area contributed by atoms with Crippen molar-refractivity contribution in [2.45, 2.75) is 6.42 Å². The topological polar surface area (TPSA) is 46.3 Å². The van der Waals surface area contributed by atoms with Crippen LogP contribution in [0.5, 0.6) is 0 Å². The molecule has 0 spiro atoms. The fourth-order valence-corrected chi connectivity index (χ4v) is 1.58. The van der Waals surface area contributed by atoms with Gasteiger partial charge in [-0.2, -0.15) is 29.8 Å². The quantitative estimate of drug-likeness (QED) is 0.693. The fourth-order valence-electron chi connectivity index (χ4n) is 1.58. The molecule has 0 atom stereocenters. The molecular weight excluding hydrogens is 280 g/mol. The van der Waals surface area contributed by atoms with E-state index in [1.165, 1.54) is 0 Å². The summed E-state index contributed by atoms with van der Waals surface area (Å²) in [6, 6.07) is 15.6. The zero-order valence-corrected chi connectivity index (χ0v) is 12.4. The molecule has 0 aliphatic heterocycles. The predicted molar refractivity (Wildman–Crippen MR) is 74.8 cm³/mol. The van der Waals surface area contributed by atoms with Gasteiger partial charge < -0.3 is 10.6 Å². The van der Waals surface area contributed by atoms with Gasteiger partial charge in [0.25, 0.3) is 0 Å². The van der Waals surface area contributed by atoms with Crippen LogP contribution in [0.15, 0.2) is 48.5 Å². The number of nitrogens with two attached hydrogens (primary N) is 1. The van der Waals surface area contributed by atoms with Crippen molar-refractivity contribution < 1.29 is 21.9 Å². The minimum atomic E-state index is -0.334. The van der Waals surface area contributed by atoms with Gasteiger partial charge in [0, 0.05) is 0 Å². The van der Waals surface area contributed by atoms with Crippen LogP contribution in [0.25, 0.3) is 0 Å². The van der Waals surface area contributed by atoms with Crippen molar-refractivity contribution in [2.75, 3.05) is 20.6 Å². The maximum atomic E-state index is 10.9. The summed E-state index contributed by atoms with van der Waals surface area (Å²) in [5.41, 5.74) is 6.91. The number of amides is 1. The second-order valence-corrected chi connectivity index (χ2v) is 4.34. The Morgan fingerprint density at radius 2 is 1.95 bits per heavy atom. The van der Waals surface area contributed by atoms with Gasteiger partial charge in [-0.3, -0.25) is 4.79 Å². The van der Waals surface area contributed by atoms with Crippen LogP contribution in [-0.4, -0.2) is 31.4 Å². The van der Waals surface area contributed by atoms with Crippen LogP contribution in [0, 0.1) is 0 Å². The van der Waals surface area contributed by atoms with E-state index in [0.717, 1.165) is 18.5 Å². The first kappa shape index (κ1) is 17.6. The third-order valence-corrected chi connectivity index (χ3v) is 2.56. The first-order valence-electron chi connectivity index (χ1n) is 5.97. The van der Waals surface area contributed by atoms with Crippen LogP contribution in [-0.2, 0) is 23.5 Å². The van der Waals surface area contributed by atoms with Crippen LogP contribution in [0.1, 0.15) is 15.9 Å². The second kappa shape index (κ2) is 9.56. The number of carbonyl (C=O) groups is 1. The second-order valence-electron chi connectivity index (χ2n) is 4.34. The first-order chi connectivity index (χ1) is 8.61. The molecule has 0 saturated carbocycles. The summed E-state index contributed by atoms with van der Waals surface area (Å²) in [7, 11) is 4.01. The summed E-state index contributed by atoms with van der Waals surface area (Å²) in [5.74, 6) is -0.334. The predicted octanol–water partition coefficient (Wildman–Crippen LogP) is 2.01. The normalized spacial score (nSPS) is 9.42. The van der Waals surface area contributed by atoms with Crippen molar-refractivity contribution >= 4 is 5.91 Å². The van der Waals surface area contributed by atoms with Gasteiger partial charge in [-0.15, -0.1) is 0 Å². The van der Waals surface area contributed by atoms with Gasteiger partial charge in [0.1, 0.15) is 0 Å². The summed E-state index contributed by atoms with van der Waals surface area (Å²) >= 11 is 0. The maximum absolute atomic E-state index is 10.9. The Bertz CT molecular complexity index is 429. The molecule has 0 saturated heterocycles. The number of nitrogens with zero attached hydrogens (tertiary/aromatic N) is 1. The number of likely N-dealkylation sites (N-methyl/N-ethyl adjacent to an activating group) is 1. The van der Waals surface area contributed by atoms with Crippen molar-refractivity contribution in [2.24, 2.45) is 5.73 Å². The third kappa shape index (κ3) is 6.97. The molecule has 2 aromatic carbocycles. The van der Waals surface area contributed by atoms with E-state index >= 15 is 0 Å². The number of primary amides is 1. The first-order valence-corrected chi connectivity index (χ1v) is 5.97. The molecule has 0 bridgehead atoms. The molecule has 0 aliphatic carbocycles. The van der Waals surface area contributed by atoms with Crippen molar-refractivity contribution in [3.63, 3.8) is 0 Å². The monoisotopic (exact) mass is 300 g/mol. The Morgan fingerprint density at radius 3 is 2.37 bits per heavy atom. The van der Waals surface area contributed by atoms with Gasteiger partial charge >= 0.3 is 17.1 Å². The summed E-state index contributed by atoms with van der Waals surface area (Å²) in [6.45, 7) is 0.935. The van der Waals surface area contributed by atoms with E-state index in [0.29, 0.717) is 5.56 Å². The zero-order valence-electron chi connectivity index (χ0n) is 11.3. The van der Waals surface area contributed by atoms with Gasteiger partial charge in [-0.1, -0.05) is 5.56 Å². The summed E-state index contributed by atoms with van der Waals surface area (Å²) in [6.07, 6.45) is 0.873. The van der Waals surface area contributed by atoms with Crippen LogP contribution in [0.2, 0.25) is 0 Å². The summed E-state index contributed by atoms with van der Waals surface area (Å²) in [5, 5.41) is 0. The maximum Gasteiger partial charge on any atom is 2.00 e. The number of rotatable bonds is 4. The average Bonchev–Trinajstić information content (AvgIpc) is 3.00. The van der Waals surface area contributed by atoms with E-state index in [1.54, 1.807) is 6.07 Å². The van der Waals surface area contributed by atoms with Crippen molar-refractivity contribution in [3.05, 3.63) is 59.7 Å². The summed E-state index contributed by atoms with van der Waals surface area (Å²) in [4.78, 5) is 13.0. The molecule has 4 heteroatoms. The van der Waals surface area contributed by atoms with Gasteiger partial charge in [0.2, 0.25) is 0 Å². The van der Waals surface area contributed by atoms with Gasteiger partial charge in [-0.25, -0.2) is 24.3 Å². The standard InChI is InChI=1S/C10H15N2O.C5H5.Fe/c1-12(2)7-6-8-4-3-5-9(8)10(11)13;1-2-4-5-3-1;/h3-5H,6-7H2,1-2H3,(H2,11,13);1-5H;/q2*-1;+2. The smallest absolute Gasteiger partial charge is 0.376 e. The van der Waals surface area contributed by atoms with Crippen molar-refractivity contribution in [1.29, 1.82) is 0 Å². The Hall–Kier alpha value is -1.35. The summed E-state index contributed by atoms with van der Waals surface area (Å²) < 4.78 is 0. The molecule has 0 heterocycles. The molecular formula is C15H20FeN2O. The van der Waals surface area contributed by atoms with Crippen LogP contribution < -0.4 is 5.73 Å². The molecule has 0 fully saturated rings. The van der Waals surface area contributed by atoms with Crippen LogP contribution in [0.3, 0.4) is 0 Å². The molecule has 0 aromatic heterocycles. The van der Waals surface area contributed by atoms with Crippen LogP contribution in [0.4, 0.5) is 0 Å². The molecule has 0 unspecified atom stereocenters. The minimum Gasteiger partial charge on any atom is -0.376 e. The van der Waals surface area contributed by atoms with Crippen LogP contribution >= 0.6 is 0 Å². The Kier molecular flexibility index (Phi) is 8.88.